The number of hydrogen-bond donors (Lipinski definition) is 2. The molecule has 0 aromatic heterocycles. The van der Waals surface area contributed by atoms with Crippen molar-refractivity contribution in [1.82, 2.24) is 0 Å². The standard InChI is InChI=1S/C19H20F3NO5/c1-26-14-7-8-15(17(11-14)27-2)16(24)9-10-18(25)23-12-3-5-13(6-4-12)28-19(20,21)22/h3-8,11,16,24H,9-10H2,1-2H3,(H,23,25). The van der Waals surface area contributed by atoms with Crippen LogP contribution in [0.5, 0.6) is 17.2 Å². The molecule has 0 fully saturated rings. The van der Waals surface area contributed by atoms with Gasteiger partial charge in [-0.1, -0.05) is 0 Å². The maximum Gasteiger partial charge on any atom is 0.573 e. The number of halogens is 3. The Labute approximate surface area is 159 Å². The van der Waals surface area contributed by atoms with Gasteiger partial charge in [0.05, 0.1) is 20.3 Å². The van der Waals surface area contributed by atoms with Crippen molar-refractivity contribution in [3.63, 3.8) is 0 Å². The third-order valence-electron chi connectivity index (χ3n) is 3.82. The first kappa shape index (κ1) is 21.4. The topological polar surface area (TPSA) is 77.0 Å². The van der Waals surface area contributed by atoms with E-state index in [2.05, 4.69) is 10.1 Å². The number of nitrogens with one attached hydrogen (secondary N) is 1. The van der Waals surface area contributed by atoms with E-state index >= 15 is 0 Å². The summed E-state index contributed by atoms with van der Waals surface area (Å²) in [6.45, 7) is 0. The van der Waals surface area contributed by atoms with E-state index in [4.69, 9.17) is 9.47 Å². The van der Waals surface area contributed by atoms with E-state index in [0.717, 1.165) is 12.1 Å². The van der Waals surface area contributed by atoms with Gasteiger partial charge in [0.1, 0.15) is 17.2 Å². The third kappa shape index (κ3) is 6.34. The fourth-order valence-corrected chi connectivity index (χ4v) is 2.48. The van der Waals surface area contributed by atoms with E-state index in [9.17, 15) is 23.1 Å². The number of aliphatic hydroxyl groups is 1. The van der Waals surface area contributed by atoms with Gasteiger partial charge in [0.25, 0.3) is 0 Å². The average molecular weight is 399 g/mol. The fourth-order valence-electron chi connectivity index (χ4n) is 2.48. The molecule has 2 aromatic carbocycles. The summed E-state index contributed by atoms with van der Waals surface area (Å²) in [4.78, 5) is 12.0. The van der Waals surface area contributed by atoms with Gasteiger partial charge in [-0.05, 0) is 42.8 Å². The Morgan fingerprint density at radius 2 is 1.71 bits per heavy atom. The maximum atomic E-state index is 12.1. The lowest BCUT2D eigenvalue weighted by Crippen LogP contribution is -2.17. The van der Waals surface area contributed by atoms with Gasteiger partial charge < -0.3 is 24.6 Å². The molecule has 0 radical (unpaired) electrons. The van der Waals surface area contributed by atoms with Crippen molar-refractivity contribution < 1.29 is 37.3 Å². The molecule has 2 N–H and O–H groups in total. The lowest BCUT2D eigenvalue weighted by atomic mass is 10.0. The normalized spacial score (nSPS) is 12.2. The Morgan fingerprint density at radius 3 is 2.29 bits per heavy atom. The predicted molar refractivity (Wildman–Crippen MR) is 95.5 cm³/mol. The summed E-state index contributed by atoms with van der Waals surface area (Å²) in [6, 6.07) is 9.73. The van der Waals surface area contributed by atoms with Crippen LogP contribution in [-0.2, 0) is 4.79 Å². The van der Waals surface area contributed by atoms with Gasteiger partial charge in [-0.25, -0.2) is 0 Å². The molecule has 0 saturated carbocycles. The van der Waals surface area contributed by atoms with Crippen molar-refractivity contribution in [3.05, 3.63) is 48.0 Å². The number of benzene rings is 2. The van der Waals surface area contributed by atoms with Crippen LogP contribution in [0.15, 0.2) is 42.5 Å². The van der Waals surface area contributed by atoms with Crippen LogP contribution in [0, 0.1) is 0 Å². The van der Waals surface area contributed by atoms with Gasteiger partial charge in [-0.3, -0.25) is 4.79 Å². The van der Waals surface area contributed by atoms with Crippen LogP contribution in [0.3, 0.4) is 0 Å². The van der Waals surface area contributed by atoms with E-state index in [0.29, 0.717) is 22.7 Å². The molecule has 0 aliphatic heterocycles. The van der Waals surface area contributed by atoms with Crippen molar-refractivity contribution in [2.75, 3.05) is 19.5 Å². The van der Waals surface area contributed by atoms with E-state index in [1.165, 1.54) is 26.4 Å². The lowest BCUT2D eigenvalue weighted by molar-refractivity contribution is -0.274. The van der Waals surface area contributed by atoms with Gasteiger partial charge in [-0.15, -0.1) is 13.2 Å². The number of carbonyl (C=O) groups is 1. The molecule has 0 bridgehead atoms. The van der Waals surface area contributed by atoms with Crippen molar-refractivity contribution in [3.8, 4) is 17.2 Å². The molecule has 1 atom stereocenters. The molecule has 6 nitrogen and oxygen atoms in total. The van der Waals surface area contributed by atoms with Crippen LogP contribution >= 0.6 is 0 Å². The zero-order valence-electron chi connectivity index (χ0n) is 15.2. The SMILES string of the molecule is COc1ccc(C(O)CCC(=O)Nc2ccc(OC(F)(F)F)cc2)c(OC)c1. The minimum absolute atomic E-state index is 0.00282. The van der Waals surface area contributed by atoms with Crippen LogP contribution in [-0.4, -0.2) is 31.6 Å². The summed E-state index contributed by atoms with van der Waals surface area (Å²) >= 11 is 0. The summed E-state index contributed by atoms with van der Waals surface area (Å²) < 4.78 is 50.5. The average Bonchev–Trinajstić information content (AvgIpc) is 2.66. The molecular weight excluding hydrogens is 379 g/mol. The molecule has 2 rings (SSSR count). The van der Waals surface area contributed by atoms with E-state index < -0.39 is 18.4 Å². The first-order valence-corrected chi connectivity index (χ1v) is 8.27. The first-order chi connectivity index (χ1) is 13.2. The highest BCUT2D eigenvalue weighted by molar-refractivity contribution is 5.90. The molecule has 1 unspecified atom stereocenters. The minimum Gasteiger partial charge on any atom is -0.497 e. The van der Waals surface area contributed by atoms with Gasteiger partial charge in [0.15, 0.2) is 0 Å². The number of rotatable bonds is 8. The van der Waals surface area contributed by atoms with Crippen LogP contribution in [0.4, 0.5) is 18.9 Å². The molecule has 152 valence electrons. The molecule has 0 saturated heterocycles. The smallest absolute Gasteiger partial charge is 0.497 e. The number of hydrogen-bond acceptors (Lipinski definition) is 5. The Kier molecular flexibility index (Phi) is 7.11. The molecule has 0 spiro atoms. The fraction of sp³-hybridized carbons (Fsp3) is 0.316. The third-order valence-corrected chi connectivity index (χ3v) is 3.82. The van der Waals surface area contributed by atoms with Crippen LogP contribution < -0.4 is 19.5 Å². The quantitative estimate of drug-likeness (QED) is 0.700. The highest BCUT2D eigenvalue weighted by atomic mass is 19.4. The largest absolute Gasteiger partial charge is 0.573 e. The Balaban J connectivity index is 1.90. The van der Waals surface area contributed by atoms with Gasteiger partial charge >= 0.3 is 6.36 Å². The number of ether oxygens (including phenoxy) is 3. The van der Waals surface area contributed by atoms with E-state index in [1.807, 2.05) is 0 Å². The van der Waals surface area contributed by atoms with Gasteiger partial charge in [0.2, 0.25) is 5.91 Å². The number of anilines is 1. The van der Waals surface area contributed by atoms with Crippen LogP contribution in [0.2, 0.25) is 0 Å². The van der Waals surface area contributed by atoms with E-state index in [-0.39, 0.29) is 18.6 Å². The first-order valence-electron chi connectivity index (χ1n) is 8.27. The molecule has 1 amide bonds. The Morgan fingerprint density at radius 1 is 1.07 bits per heavy atom. The second kappa shape index (κ2) is 9.32. The minimum atomic E-state index is -4.77. The van der Waals surface area contributed by atoms with Crippen LogP contribution in [0.25, 0.3) is 0 Å². The molecule has 2 aromatic rings. The molecule has 0 aliphatic carbocycles. The number of amides is 1. The highest BCUT2D eigenvalue weighted by Gasteiger charge is 2.31. The molecular formula is C19H20F3NO5. The summed E-state index contributed by atoms with van der Waals surface area (Å²) in [5.41, 5.74) is 0.834. The summed E-state index contributed by atoms with van der Waals surface area (Å²) in [5, 5.41) is 12.9. The maximum absolute atomic E-state index is 12.1. The summed E-state index contributed by atoms with van der Waals surface area (Å²) in [6.07, 6.45) is -5.58. The number of alkyl halides is 3. The Bertz CT molecular complexity index is 793. The highest BCUT2D eigenvalue weighted by Crippen LogP contribution is 2.31. The molecule has 28 heavy (non-hydrogen) atoms. The van der Waals surface area contributed by atoms with Crippen molar-refractivity contribution in [1.29, 1.82) is 0 Å². The second-order valence-corrected chi connectivity index (χ2v) is 5.78. The lowest BCUT2D eigenvalue weighted by Gasteiger charge is -2.16. The van der Waals surface area contributed by atoms with Crippen molar-refractivity contribution in [2.45, 2.75) is 25.3 Å². The second-order valence-electron chi connectivity index (χ2n) is 5.78. The van der Waals surface area contributed by atoms with Gasteiger partial charge in [-0.2, -0.15) is 0 Å². The van der Waals surface area contributed by atoms with E-state index in [1.54, 1.807) is 18.2 Å². The van der Waals surface area contributed by atoms with Crippen molar-refractivity contribution >= 4 is 11.6 Å². The zero-order chi connectivity index (χ0) is 20.7. The summed E-state index contributed by atoms with van der Waals surface area (Å²) in [5.74, 6) is 0.236. The molecule has 0 aliphatic rings. The number of aliphatic hydroxyl groups excluding tert-OH is 1. The zero-order valence-corrected chi connectivity index (χ0v) is 15.2. The van der Waals surface area contributed by atoms with Crippen LogP contribution in [0.1, 0.15) is 24.5 Å². The number of carbonyl (C=O) groups excluding carboxylic acids is 1. The number of methoxy groups -OCH3 is 2. The molecule has 0 heterocycles. The van der Waals surface area contributed by atoms with Crippen molar-refractivity contribution in [2.24, 2.45) is 0 Å². The Hall–Kier alpha value is -2.94. The predicted octanol–water partition coefficient (Wildman–Crippen LogP) is 4.05. The monoisotopic (exact) mass is 399 g/mol. The van der Waals surface area contributed by atoms with Gasteiger partial charge in [0, 0.05) is 23.7 Å². The summed E-state index contributed by atoms with van der Waals surface area (Å²) in [7, 11) is 2.97. The molecule has 9 heteroatoms.